The molecule has 0 unspecified atom stereocenters. The average Bonchev–Trinajstić information content (AvgIpc) is 3.03. The molecular weight excluding hydrogens is 574 g/mol. The van der Waals surface area contributed by atoms with E-state index in [0.717, 1.165) is 0 Å². The monoisotopic (exact) mass is 618 g/mol. The van der Waals surface area contributed by atoms with Gasteiger partial charge in [0.15, 0.2) is 0 Å². The van der Waals surface area contributed by atoms with E-state index in [4.69, 9.17) is 0 Å². The predicted molar refractivity (Wildman–Crippen MR) is 201 cm³/mol. The third-order valence-corrected chi connectivity index (χ3v) is 12.8. The molecule has 0 aliphatic rings. The summed E-state index contributed by atoms with van der Waals surface area (Å²) in [5, 5.41) is 8.15. The maximum absolute atomic E-state index is 2.37. The molecule has 226 valence electrons. The zero-order chi connectivity index (χ0) is 31.4. The summed E-state index contributed by atoms with van der Waals surface area (Å²) in [6.07, 6.45) is 0. The standard InChI is InChI=1S/C38H44N4P2/c1-39(2)29-9-17-33(18-10-29)43(34-19-11-30(12-20-34)40(3)4)37-25-27-38(28-26-37)44(35-21-13-31(14-22-35)41(5)6)36-23-15-32(16-24-36)42(7)8/h9-28H,1-8H3. The van der Waals surface area contributed by atoms with Crippen molar-refractivity contribution in [2.45, 2.75) is 0 Å². The topological polar surface area (TPSA) is 13.0 Å². The largest absolute Gasteiger partial charge is 0.378 e. The first-order chi connectivity index (χ1) is 21.1. The number of hydrogen-bond acceptors (Lipinski definition) is 4. The Morgan fingerprint density at radius 2 is 0.386 bits per heavy atom. The van der Waals surface area contributed by atoms with Gasteiger partial charge in [0.1, 0.15) is 0 Å². The second-order valence-electron chi connectivity index (χ2n) is 11.8. The number of nitrogens with zero attached hydrogens (tertiary/aromatic N) is 4. The first kappa shape index (κ1) is 31.6. The Balaban J connectivity index is 1.57. The van der Waals surface area contributed by atoms with Crippen LogP contribution < -0.4 is 51.4 Å². The van der Waals surface area contributed by atoms with Gasteiger partial charge in [-0.15, -0.1) is 0 Å². The lowest BCUT2D eigenvalue weighted by Gasteiger charge is -2.24. The van der Waals surface area contributed by atoms with E-state index >= 15 is 0 Å². The van der Waals surface area contributed by atoms with Gasteiger partial charge >= 0.3 is 0 Å². The van der Waals surface area contributed by atoms with Crippen molar-refractivity contribution in [2.24, 2.45) is 0 Å². The molecule has 5 rings (SSSR count). The summed E-state index contributed by atoms with van der Waals surface area (Å²) in [6.45, 7) is 0. The number of hydrogen-bond donors (Lipinski definition) is 0. The first-order valence-electron chi connectivity index (χ1n) is 14.9. The van der Waals surface area contributed by atoms with E-state index in [1.165, 1.54) is 54.6 Å². The second-order valence-corrected chi connectivity index (χ2v) is 16.3. The predicted octanol–water partition coefficient (Wildman–Crippen LogP) is 5.47. The van der Waals surface area contributed by atoms with Crippen LogP contribution in [0.5, 0.6) is 0 Å². The highest BCUT2D eigenvalue weighted by molar-refractivity contribution is 7.80. The van der Waals surface area contributed by atoms with E-state index < -0.39 is 15.8 Å². The SMILES string of the molecule is CN(C)c1ccc(P(c2ccc(N(C)C)cc2)c2ccc(P(c3ccc(N(C)C)cc3)c3ccc(N(C)C)cc3)cc2)cc1. The smallest absolute Gasteiger partial charge is 0.0361 e. The zero-order valence-electron chi connectivity index (χ0n) is 27.2. The van der Waals surface area contributed by atoms with E-state index in [-0.39, 0.29) is 0 Å². The van der Waals surface area contributed by atoms with Crippen LogP contribution in [0.25, 0.3) is 0 Å². The van der Waals surface area contributed by atoms with Crippen molar-refractivity contribution < 1.29 is 0 Å². The first-order valence-corrected chi connectivity index (χ1v) is 17.6. The van der Waals surface area contributed by atoms with Crippen LogP contribution in [0.2, 0.25) is 0 Å². The minimum atomic E-state index is -0.714. The highest BCUT2D eigenvalue weighted by atomic mass is 31.1. The molecule has 5 aromatic carbocycles. The average molecular weight is 619 g/mol. The van der Waals surface area contributed by atoms with Crippen LogP contribution in [0.15, 0.2) is 121 Å². The summed E-state index contributed by atoms with van der Waals surface area (Å²) >= 11 is 0. The molecule has 0 bridgehead atoms. The van der Waals surface area contributed by atoms with Crippen LogP contribution in [0.3, 0.4) is 0 Å². The summed E-state index contributed by atoms with van der Waals surface area (Å²) < 4.78 is 0. The molecule has 0 heterocycles. The van der Waals surface area contributed by atoms with Crippen LogP contribution in [0.4, 0.5) is 22.7 Å². The van der Waals surface area contributed by atoms with Crippen LogP contribution in [-0.4, -0.2) is 56.4 Å². The lowest BCUT2D eigenvalue weighted by Crippen LogP contribution is -2.25. The minimum absolute atomic E-state index is 0.714. The normalized spacial score (nSPS) is 11.1. The van der Waals surface area contributed by atoms with Gasteiger partial charge in [-0.05, 0) is 96.2 Å². The van der Waals surface area contributed by atoms with Crippen LogP contribution in [-0.2, 0) is 0 Å². The van der Waals surface area contributed by atoms with E-state index in [9.17, 15) is 0 Å². The molecule has 0 N–H and O–H groups in total. The van der Waals surface area contributed by atoms with Gasteiger partial charge in [-0.2, -0.15) is 0 Å². The fourth-order valence-corrected chi connectivity index (χ4v) is 9.72. The Bertz CT molecular complexity index is 1400. The molecule has 0 aliphatic heterocycles. The summed E-state index contributed by atoms with van der Waals surface area (Å²) in [5.74, 6) is 0. The van der Waals surface area contributed by atoms with Gasteiger partial charge in [0, 0.05) is 79.1 Å². The Labute approximate surface area is 267 Å². The molecule has 0 fully saturated rings. The van der Waals surface area contributed by atoms with Gasteiger partial charge in [0.2, 0.25) is 0 Å². The van der Waals surface area contributed by atoms with Crippen molar-refractivity contribution >= 4 is 70.4 Å². The van der Waals surface area contributed by atoms with Crippen molar-refractivity contribution in [3.05, 3.63) is 121 Å². The Morgan fingerprint density at radius 3 is 0.523 bits per heavy atom. The van der Waals surface area contributed by atoms with Crippen molar-refractivity contribution in [2.75, 3.05) is 76.0 Å². The summed E-state index contributed by atoms with van der Waals surface area (Å²) in [4.78, 5) is 8.63. The molecule has 0 saturated heterocycles. The molecule has 0 saturated carbocycles. The molecular formula is C38H44N4P2. The van der Waals surface area contributed by atoms with Gasteiger partial charge in [0.25, 0.3) is 0 Å². The third-order valence-electron chi connectivity index (χ3n) is 7.86. The van der Waals surface area contributed by atoms with Crippen LogP contribution in [0.1, 0.15) is 0 Å². The molecule has 0 aromatic heterocycles. The van der Waals surface area contributed by atoms with Gasteiger partial charge in [-0.3, -0.25) is 0 Å². The number of rotatable bonds is 10. The van der Waals surface area contributed by atoms with Gasteiger partial charge in [-0.25, -0.2) is 0 Å². The van der Waals surface area contributed by atoms with Crippen molar-refractivity contribution in [3.8, 4) is 0 Å². The Kier molecular flexibility index (Phi) is 9.94. The van der Waals surface area contributed by atoms with Crippen LogP contribution in [0, 0.1) is 0 Å². The number of benzene rings is 5. The molecule has 4 nitrogen and oxygen atoms in total. The maximum Gasteiger partial charge on any atom is 0.0361 e. The zero-order valence-corrected chi connectivity index (χ0v) is 29.0. The highest BCUT2D eigenvalue weighted by Gasteiger charge is 2.21. The Morgan fingerprint density at radius 1 is 0.250 bits per heavy atom. The third kappa shape index (κ3) is 7.10. The quantitative estimate of drug-likeness (QED) is 0.193. The van der Waals surface area contributed by atoms with E-state index in [1.807, 2.05) is 0 Å². The fraction of sp³-hybridized carbons (Fsp3) is 0.211. The van der Waals surface area contributed by atoms with Gasteiger partial charge in [-0.1, -0.05) is 72.8 Å². The number of anilines is 4. The molecule has 5 aromatic rings. The Hall–Kier alpha value is -3.84. The van der Waals surface area contributed by atoms with Gasteiger partial charge in [0.05, 0.1) is 0 Å². The maximum atomic E-state index is 2.37. The fourth-order valence-electron chi connectivity index (χ4n) is 5.24. The molecule has 0 amide bonds. The minimum Gasteiger partial charge on any atom is -0.378 e. The van der Waals surface area contributed by atoms with Crippen molar-refractivity contribution in [3.63, 3.8) is 0 Å². The second kappa shape index (κ2) is 13.9. The molecule has 0 radical (unpaired) electrons. The molecule has 0 atom stereocenters. The molecule has 0 aliphatic carbocycles. The lowest BCUT2D eigenvalue weighted by molar-refractivity contribution is 1.13. The van der Waals surface area contributed by atoms with E-state index in [1.54, 1.807) is 0 Å². The molecule has 6 heteroatoms. The summed E-state index contributed by atoms with van der Waals surface area (Å²) in [6, 6.07) is 45.8. The van der Waals surface area contributed by atoms with E-state index in [2.05, 4.69) is 197 Å². The van der Waals surface area contributed by atoms with Gasteiger partial charge < -0.3 is 19.6 Å². The summed E-state index contributed by atoms with van der Waals surface area (Å²) in [5.41, 5.74) is 4.86. The van der Waals surface area contributed by atoms with Crippen molar-refractivity contribution in [1.29, 1.82) is 0 Å². The highest BCUT2D eigenvalue weighted by Crippen LogP contribution is 2.37. The lowest BCUT2D eigenvalue weighted by atomic mass is 10.3. The van der Waals surface area contributed by atoms with Crippen molar-refractivity contribution in [1.82, 2.24) is 0 Å². The van der Waals surface area contributed by atoms with Crippen LogP contribution >= 0.6 is 15.8 Å². The molecule has 0 spiro atoms. The van der Waals surface area contributed by atoms with E-state index in [0.29, 0.717) is 0 Å². The summed E-state index contributed by atoms with van der Waals surface area (Å²) in [7, 11) is 15.3. The molecule has 44 heavy (non-hydrogen) atoms.